The van der Waals surface area contributed by atoms with Crippen LogP contribution in [0, 0.1) is 12.0 Å². The molecule has 0 radical (unpaired) electrons. The molecule has 0 atom stereocenters. The number of allylic oxidation sites excluding steroid dienone is 4. The standard InChI is InChI=1S/C62H97Si.3ClH.Ti/c1-9-15-21-27-34-52-42-53(35-28-22-16-10-2)46-58(45-52)63(62-41-33-40-61(62)51(7)8,59-47-54(36-29-23-17-11-3)43-55(48-59)37-30-24-18-12-4)60-49-56(38-31-25-19-13-5)44-57(50-60)39-32-26-20-14-6;;;;/h33,42-51H,9-32,34-39,41H2,1-8H3;3*1H;/q-1;;;;+4/p-3. The van der Waals surface area contributed by atoms with Crippen LogP contribution in [-0.4, -0.2) is 8.07 Å². The van der Waals surface area contributed by atoms with Crippen LogP contribution in [0.15, 0.2) is 71.4 Å². The molecule has 0 heterocycles. The molecule has 0 nitrogen and oxygen atoms in total. The molecule has 0 aliphatic heterocycles. The second-order valence-electron chi connectivity index (χ2n) is 20.3. The molecule has 3 aromatic carbocycles. The van der Waals surface area contributed by atoms with E-state index in [9.17, 15) is 0 Å². The summed E-state index contributed by atoms with van der Waals surface area (Å²) in [6.45, 7) is 19.0. The van der Waals surface area contributed by atoms with E-state index in [1.54, 1.807) is 54.1 Å². The van der Waals surface area contributed by atoms with Crippen LogP contribution in [0.3, 0.4) is 0 Å². The summed E-state index contributed by atoms with van der Waals surface area (Å²) in [5.41, 5.74) is 11.1. The summed E-state index contributed by atoms with van der Waals surface area (Å²) in [6.07, 6.45) is 46.2. The monoisotopic (exact) mass is 1020 g/mol. The Morgan fingerprint density at radius 1 is 0.373 bits per heavy atom. The second kappa shape index (κ2) is 38.6. The van der Waals surface area contributed by atoms with Gasteiger partial charge in [0.15, 0.2) is 0 Å². The van der Waals surface area contributed by atoms with Crippen molar-refractivity contribution in [2.24, 2.45) is 5.92 Å². The minimum absolute atomic E-state index is 0. The minimum atomic E-state index is -2.85. The van der Waals surface area contributed by atoms with E-state index in [4.69, 9.17) is 0 Å². The summed E-state index contributed by atoms with van der Waals surface area (Å²) in [7, 11) is -2.85. The number of benzene rings is 3. The third kappa shape index (κ3) is 21.7. The van der Waals surface area contributed by atoms with Crippen molar-refractivity contribution < 1.29 is 58.9 Å². The van der Waals surface area contributed by atoms with Crippen LogP contribution in [0.4, 0.5) is 0 Å². The van der Waals surface area contributed by atoms with Gasteiger partial charge in [0, 0.05) is 0 Å². The van der Waals surface area contributed by atoms with Crippen molar-refractivity contribution in [1.82, 2.24) is 0 Å². The van der Waals surface area contributed by atoms with E-state index >= 15 is 0 Å². The van der Waals surface area contributed by atoms with E-state index in [1.165, 1.54) is 198 Å². The third-order valence-electron chi connectivity index (χ3n) is 14.3. The van der Waals surface area contributed by atoms with Gasteiger partial charge in [0.2, 0.25) is 0 Å². The molecule has 374 valence electrons. The predicted octanol–water partition coefficient (Wildman–Crippen LogP) is 8.16. The number of hydrogen-bond acceptors (Lipinski definition) is 0. The number of rotatable bonds is 35. The van der Waals surface area contributed by atoms with Crippen molar-refractivity contribution in [3.63, 3.8) is 0 Å². The van der Waals surface area contributed by atoms with Gasteiger partial charge in [-0.1, -0.05) is 253 Å². The average Bonchev–Trinajstić information content (AvgIpc) is 3.78. The van der Waals surface area contributed by atoms with E-state index in [0.717, 1.165) is 6.42 Å². The maximum atomic E-state index is 3.99. The first-order chi connectivity index (χ1) is 30.8. The Labute approximate surface area is 450 Å². The molecular formula is C62H97Cl3SiTi. The van der Waals surface area contributed by atoms with Gasteiger partial charge >= 0.3 is 21.7 Å². The van der Waals surface area contributed by atoms with Gasteiger partial charge in [0.1, 0.15) is 0 Å². The Kier molecular flexibility index (Phi) is 38.0. The SMILES string of the molecule is CCCCCCc1cc(CCCCCC)cc([Si](C2=C(C(C)C)[C-]=CC2)(c2cc(CCCCCC)cc(CCCCCC)c2)c2cc(CCCCCC)cc(CCCCCC)c2)c1.[Cl-].[Cl-].[Cl-].[Ti+4]. The van der Waals surface area contributed by atoms with Gasteiger partial charge in [-0.25, -0.2) is 10.8 Å². The predicted molar refractivity (Wildman–Crippen MR) is 285 cm³/mol. The van der Waals surface area contributed by atoms with E-state index < -0.39 is 8.07 Å². The first-order valence-electron chi connectivity index (χ1n) is 27.6. The maximum absolute atomic E-state index is 3.99. The quantitative estimate of drug-likeness (QED) is 0.0242. The fourth-order valence-electron chi connectivity index (χ4n) is 10.7. The van der Waals surface area contributed by atoms with E-state index in [0.29, 0.717) is 5.92 Å². The third-order valence-corrected chi connectivity index (χ3v) is 19.1. The molecule has 0 unspecified atom stereocenters. The molecule has 0 N–H and O–H groups in total. The van der Waals surface area contributed by atoms with Crippen LogP contribution in [0.25, 0.3) is 0 Å². The van der Waals surface area contributed by atoms with Crippen molar-refractivity contribution >= 4 is 23.6 Å². The molecule has 0 aromatic heterocycles. The fraction of sp³-hybridized carbons (Fsp3) is 0.645. The second-order valence-corrected chi connectivity index (χ2v) is 24.2. The molecule has 5 heteroatoms. The van der Waals surface area contributed by atoms with E-state index in [2.05, 4.69) is 122 Å². The van der Waals surface area contributed by atoms with Gasteiger partial charge in [-0.2, -0.15) is 6.08 Å². The summed E-state index contributed by atoms with van der Waals surface area (Å²) in [6, 6.07) is 24.7. The Morgan fingerprint density at radius 3 is 0.821 bits per heavy atom. The Hall–Kier alpha value is -1.06. The largest absolute Gasteiger partial charge is 4.00 e. The molecule has 0 saturated heterocycles. The minimum Gasteiger partial charge on any atom is -1.00 e. The molecule has 0 bridgehead atoms. The van der Waals surface area contributed by atoms with E-state index in [1.807, 2.05) is 0 Å². The molecular weight excluding hydrogens is 927 g/mol. The van der Waals surface area contributed by atoms with Gasteiger partial charge in [0.05, 0.1) is 8.07 Å². The van der Waals surface area contributed by atoms with Gasteiger partial charge in [-0.05, 0) is 110 Å². The van der Waals surface area contributed by atoms with Gasteiger partial charge < -0.3 is 37.2 Å². The Balaban J connectivity index is 0.0000109. The Morgan fingerprint density at radius 2 is 0.612 bits per heavy atom. The number of hydrogen-bond donors (Lipinski definition) is 0. The fourth-order valence-corrected chi connectivity index (χ4v) is 16.3. The van der Waals surface area contributed by atoms with Gasteiger partial charge in [-0.15, -0.1) is 0 Å². The number of unbranched alkanes of at least 4 members (excludes halogenated alkanes) is 18. The number of halogens is 3. The van der Waals surface area contributed by atoms with Gasteiger partial charge in [-0.3, -0.25) is 6.08 Å². The molecule has 0 saturated carbocycles. The van der Waals surface area contributed by atoms with Crippen molar-refractivity contribution in [2.75, 3.05) is 0 Å². The molecule has 0 fully saturated rings. The molecule has 1 aliphatic rings. The van der Waals surface area contributed by atoms with Crippen LogP contribution in [0.5, 0.6) is 0 Å². The van der Waals surface area contributed by atoms with Crippen LogP contribution in [-0.2, 0) is 60.2 Å². The Bertz CT molecular complexity index is 1530. The topological polar surface area (TPSA) is 0 Å². The van der Waals surface area contributed by atoms with Crippen LogP contribution in [0.2, 0.25) is 0 Å². The van der Waals surface area contributed by atoms with Crippen LogP contribution < -0.4 is 52.8 Å². The molecule has 4 rings (SSSR count). The van der Waals surface area contributed by atoms with Crippen molar-refractivity contribution in [1.29, 1.82) is 0 Å². The normalized spacial score (nSPS) is 12.3. The summed E-state index contributed by atoms with van der Waals surface area (Å²) in [5, 5.41) is 6.75. The zero-order chi connectivity index (χ0) is 45.1. The summed E-state index contributed by atoms with van der Waals surface area (Å²) in [5.74, 6) is 0.438. The smallest absolute Gasteiger partial charge is 1.00 e. The van der Waals surface area contributed by atoms with Crippen molar-refractivity contribution in [3.05, 3.63) is 111 Å². The average molecular weight is 1020 g/mol. The molecule has 1 aliphatic carbocycles. The molecule has 3 aromatic rings. The van der Waals surface area contributed by atoms with Crippen LogP contribution in [0.1, 0.15) is 249 Å². The summed E-state index contributed by atoms with van der Waals surface area (Å²) >= 11 is 0. The maximum Gasteiger partial charge on any atom is 4.00 e. The number of aryl methyl sites for hydroxylation is 6. The summed E-state index contributed by atoms with van der Waals surface area (Å²) in [4.78, 5) is 0. The molecule has 67 heavy (non-hydrogen) atoms. The first-order valence-corrected chi connectivity index (χ1v) is 29.6. The summed E-state index contributed by atoms with van der Waals surface area (Å²) < 4.78 is 0. The zero-order valence-electron chi connectivity index (χ0n) is 44.4. The zero-order valence-corrected chi connectivity index (χ0v) is 49.2. The first kappa shape index (κ1) is 65.9. The van der Waals surface area contributed by atoms with Crippen molar-refractivity contribution in [3.8, 4) is 0 Å². The molecule has 0 amide bonds. The van der Waals surface area contributed by atoms with Crippen LogP contribution >= 0.6 is 0 Å². The van der Waals surface area contributed by atoms with E-state index in [-0.39, 0.29) is 58.9 Å². The molecule has 0 spiro atoms. The van der Waals surface area contributed by atoms with Gasteiger partial charge in [0.25, 0.3) is 0 Å². The van der Waals surface area contributed by atoms with Crippen molar-refractivity contribution in [2.45, 2.75) is 254 Å².